The lowest BCUT2D eigenvalue weighted by atomic mass is 10.1. The number of nitrogens with zero attached hydrogens (tertiary/aromatic N) is 1. The van der Waals surface area contributed by atoms with Crippen molar-refractivity contribution in [2.75, 3.05) is 32.8 Å². The zero-order chi connectivity index (χ0) is 12.5. The average molecular weight is 242 g/mol. The van der Waals surface area contributed by atoms with Gasteiger partial charge in [-0.25, -0.2) is 0 Å². The fourth-order valence-corrected chi connectivity index (χ4v) is 2.31. The van der Waals surface area contributed by atoms with Gasteiger partial charge < -0.3 is 15.0 Å². The van der Waals surface area contributed by atoms with E-state index in [0.29, 0.717) is 12.1 Å². The normalized spacial score (nSPS) is 21.4. The molecule has 0 spiro atoms. The van der Waals surface area contributed by atoms with E-state index in [1.807, 2.05) is 0 Å². The van der Waals surface area contributed by atoms with Gasteiger partial charge in [0, 0.05) is 25.7 Å². The minimum Gasteiger partial charge on any atom is -0.376 e. The summed E-state index contributed by atoms with van der Waals surface area (Å²) in [6.45, 7) is 12.2. The molecule has 0 saturated carbocycles. The Morgan fingerprint density at radius 3 is 2.71 bits per heavy atom. The van der Waals surface area contributed by atoms with Gasteiger partial charge in [-0.2, -0.15) is 0 Å². The van der Waals surface area contributed by atoms with E-state index in [0.717, 1.165) is 26.1 Å². The molecule has 0 aromatic rings. The van der Waals surface area contributed by atoms with E-state index in [2.05, 4.69) is 31.0 Å². The molecule has 1 saturated heterocycles. The molecule has 102 valence electrons. The first-order chi connectivity index (χ1) is 8.24. The molecular weight excluding hydrogens is 212 g/mol. The van der Waals surface area contributed by atoms with Crippen molar-refractivity contribution in [3.05, 3.63) is 0 Å². The summed E-state index contributed by atoms with van der Waals surface area (Å²) in [6, 6.07) is 0.656. The Kier molecular flexibility index (Phi) is 7.82. The Bertz CT molecular complexity index is 179. The number of morpholine rings is 1. The summed E-state index contributed by atoms with van der Waals surface area (Å²) < 4.78 is 5.74. The van der Waals surface area contributed by atoms with Crippen molar-refractivity contribution >= 4 is 0 Å². The average Bonchev–Trinajstić information content (AvgIpc) is 2.34. The Hall–Kier alpha value is -0.120. The van der Waals surface area contributed by atoms with Crippen LogP contribution in [0.1, 0.15) is 46.5 Å². The molecule has 0 aromatic heterocycles. The summed E-state index contributed by atoms with van der Waals surface area (Å²) in [5, 5.41) is 3.40. The zero-order valence-electron chi connectivity index (χ0n) is 11.9. The van der Waals surface area contributed by atoms with Gasteiger partial charge in [-0.3, -0.25) is 0 Å². The third-order valence-electron chi connectivity index (χ3n) is 3.52. The molecule has 1 heterocycles. The first-order valence-corrected chi connectivity index (χ1v) is 7.30. The first kappa shape index (κ1) is 14.9. The van der Waals surface area contributed by atoms with E-state index in [9.17, 15) is 0 Å². The highest BCUT2D eigenvalue weighted by molar-refractivity contribution is 4.71. The molecule has 0 aromatic carbocycles. The summed E-state index contributed by atoms with van der Waals surface area (Å²) in [7, 11) is 0. The van der Waals surface area contributed by atoms with Gasteiger partial charge in [0.05, 0.1) is 12.7 Å². The van der Waals surface area contributed by atoms with E-state index in [4.69, 9.17) is 4.74 Å². The number of ether oxygens (including phenoxy) is 1. The third-order valence-corrected chi connectivity index (χ3v) is 3.52. The molecule has 1 N–H and O–H groups in total. The molecule has 1 unspecified atom stereocenters. The summed E-state index contributed by atoms with van der Waals surface area (Å²) in [5.41, 5.74) is 0. The second-order valence-electron chi connectivity index (χ2n) is 5.32. The molecule has 1 aliphatic rings. The lowest BCUT2D eigenvalue weighted by molar-refractivity contribution is 0.0153. The van der Waals surface area contributed by atoms with Crippen LogP contribution in [0.15, 0.2) is 0 Å². The highest BCUT2D eigenvalue weighted by Gasteiger charge is 2.16. The topological polar surface area (TPSA) is 24.5 Å². The molecule has 0 bridgehead atoms. The Morgan fingerprint density at radius 2 is 2.12 bits per heavy atom. The van der Waals surface area contributed by atoms with Gasteiger partial charge in [-0.1, -0.05) is 19.8 Å². The smallest absolute Gasteiger partial charge is 0.0712 e. The molecule has 3 heteroatoms. The Morgan fingerprint density at radius 1 is 1.29 bits per heavy atom. The van der Waals surface area contributed by atoms with Crippen LogP contribution in [0, 0.1) is 0 Å². The van der Waals surface area contributed by atoms with Crippen molar-refractivity contribution in [3.8, 4) is 0 Å². The fraction of sp³-hybridized carbons (Fsp3) is 1.00. The van der Waals surface area contributed by atoms with Gasteiger partial charge >= 0.3 is 0 Å². The second kappa shape index (κ2) is 8.90. The van der Waals surface area contributed by atoms with Crippen LogP contribution >= 0.6 is 0 Å². The minimum atomic E-state index is 0.427. The van der Waals surface area contributed by atoms with Crippen LogP contribution < -0.4 is 5.32 Å². The molecule has 0 aliphatic carbocycles. The van der Waals surface area contributed by atoms with Gasteiger partial charge in [0.2, 0.25) is 0 Å². The standard InChI is InChI=1S/C14H30N2O/c1-4-5-6-9-16(13(2)3)10-7-14-12-15-8-11-17-14/h13-15H,4-12H2,1-3H3. The number of hydrogen-bond acceptors (Lipinski definition) is 3. The molecule has 17 heavy (non-hydrogen) atoms. The number of unbranched alkanes of at least 4 members (excludes halogenated alkanes) is 2. The maximum Gasteiger partial charge on any atom is 0.0712 e. The van der Waals surface area contributed by atoms with Gasteiger partial charge in [0.1, 0.15) is 0 Å². The van der Waals surface area contributed by atoms with Gasteiger partial charge in [0.25, 0.3) is 0 Å². The highest BCUT2D eigenvalue weighted by Crippen LogP contribution is 2.08. The minimum absolute atomic E-state index is 0.427. The number of hydrogen-bond donors (Lipinski definition) is 1. The lowest BCUT2D eigenvalue weighted by Crippen LogP contribution is -2.41. The van der Waals surface area contributed by atoms with Crippen molar-refractivity contribution in [1.29, 1.82) is 0 Å². The maximum atomic E-state index is 5.74. The van der Waals surface area contributed by atoms with E-state index < -0.39 is 0 Å². The maximum absolute atomic E-state index is 5.74. The van der Waals surface area contributed by atoms with Crippen LogP contribution in [0.25, 0.3) is 0 Å². The van der Waals surface area contributed by atoms with Crippen molar-refractivity contribution in [2.45, 2.75) is 58.6 Å². The number of nitrogens with one attached hydrogen (secondary N) is 1. The molecule has 3 nitrogen and oxygen atoms in total. The van der Waals surface area contributed by atoms with E-state index in [1.165, 1.54) is 32.4 Å². The first-order valence-electron chi connectivity index (χ1n) is 7.30. The molecular formula is C14H30N2O. The van der Waals surface area contributed by atoms with Crippen LogP contribution in [0.5, 0.6) is 0 Å². The van der Waals surface area contributed by atoms with Crippen LogP contribution in [0.4, 0.5) is 0 Å². The zero-order valence-corrected chi connectivity index (χ0v) is 11.9. The lowest BCUT2D eigenvalue weighted by Gasteiger charge is -2.30. The van der Waals surface area contributed by atoms with Gasteiger partial charge in [-0.15, -0.1) is 0 Å². The van der Waals surface area contributed by atoms with Crippen molar-refractivity contribution in [2.24, 2.45) is 0 Å². The molecule has 1 fully saturated rings. The van der Waals surface area contributed by atoms with Crippen LogP contribution in [-0.2, 0) is 4.74 Å². The molecule has 0 radical (unpaired) electrons. The second-order valence-corrected chi connectivity index (χ2v) is 5.32. The molecule has 1 atom stereocenters. The van der Waals surface area contributed by atoms with Gasteiger partial charge in [0.15, 0.2) is 0 Å². The predicted molar refractivity (Wildman–Crippen MR) is 73.5 cm³/mol. The van der Waals surface area contributed by atoms with Crippen molar-refractivity contribution in [1.82, 2.24) is 10.2 Å². The number of rotatable bonds is 8. The van der Waals surface area contributed by atoms with Crippen molar-refractivity contribution < 1.29 is 4.74 Å². The van der Waals surface area contributed by atoms with Crippen LogP contribution in [0.3, 0.4) is 0 Å². The van der Waals surface area contributed by atoms with E-state index in [1.54, 1.807) is 0 Å². The largest absolute Gasteiger partial charge is 0.376 e. The summed E-state index contributed by atoms with van der Waals surface area (Å²) in [5.74, 6) is 0. The van der Waals surface area contributed by atoms with Crippen LogP contribution in [0.2, 0.25) is 0 Å². The monoisotopic (exact) mass is 242 g/mol. The van der Waals surface area contributed by atoms with Crippen LogP contribution in [-0.4, -0.2) is 49.8 Å². The predicted octanol–water partition coefficient (Wildman–Crippen LogP) is 2.27. The van der Waals surface area contributed by atoms with Gasteiger partial charge in [-0.05, 0) is 33.2 Å². The third kappa shape index (κ3) is 6.39. The molecule has 1 aliphatic heterocycles. The molecule has 1 rings (SSSR count). The van der Waals surface area contributed by atoms with E-state index in [-0.39, 0.29) is 0 Å². The summed E-state index contributed by atoms with van der Waals surface area (Å²) >= 11 is 0. The highest BCUT2D eigenvalue weighted by atomic mass is 16.5. The molecule has 0 amide bonds. The van der Waals surface area contributed by atoms with E-state index >= 15 is 0 Å². The summed E-state index contributed by atoms with van der Waals surface area (Å²) in [4.78, 5) is 2.59. The fourth-order valence-electron chi connectivity index (χ4n) is 2.31. The quantitative estimate of drug-likeness (QED) is 0.661. The Balaban J connectivity index is 2.18. The van der Waals surface area contributed by atoms with Crippen molar-refractivity contribution in [3.63, 3.8) is 0 Å². The SMILES string of the molecule is CCCCCN(CCC1CNCCO1)C(C)C. The summed E-state index contributed by atoms with van der Waals surface area (Å²) in [6.07, 6.45) is 5.58. The Labute approximate surface area is 107 Å².